The van der Waals surface area contributed by atoms with E-state index in [1.165, 1.54) is 4.90 Å². The summed E-state index contributed by atoms with van der Waals surface area (Å²) < 4.78 is 0. The molecule has 2 amide bonds. The highest BCUT2D eigenvalue weighted by atomic mass is 32.2. The molecule has 0 saturated carbocycles. The number of rotatable bonds is 8. The van der Waals surface area contributed by atoms with Gasteiger partial charge in [0.1, 0.15) is 10.6 Å². The van der Waals surface area contributed by atoms with Crippen molar-refractivity contribution in [1.29, 1.82) is 0 Å². The van der Waals surface area contributed by atoms with E-state index in [4.69, 9.17) is 0 Å². The zero-order valence-electron chi connectivity index (χ0n) is 18.0. The van der Waals surface area contributed by atoms with Crippen LogP contribution in [0.2, 0.25) is 0 Å². The van der Waals surface area contributed by atoms with Gasteiger partial charge in [0.05, 0.1) is 0 Å². The summed E-state index contributed by atoms with van der Waals surface area (Å²) in [5.74, 6) is -0.622. The quantitative estimate of drug-likeness (QED) is 0.421. The highest BCUT2D eigenvalue weighted by molar-refractivity contribution is 8.04. The Morgan fingerprint density at radius 1 is 0.844 bits per heavy atom. The minimum Gasteiger partial charge on any atom is -0.375 e. The van der Waals surface area contributed by atoms with Gasteiger partial charge in [-0.25, -0.2) is 9.97 Å². The molecule has 7 heteroatoms. The van der Waals surface area contributed by atoms with E-state index in [0.29, 0.717) is 35.3 Å². The summed E-state index contributed by atoms with van der Waals surface area (Å²) in [4.78, 5) is 37.0. The number of nitrogens with one attached hydrogen (secondary N) is 1. The second-order valence-electron chi connectivity index (χ2n) is 7.58. The molecule has 0 fully saturated rings. The van der Waals surface area contributed by atoms with Crippen LogP contribution in [0.15, 0.2) is 82.5 Å². The van der Waals surface area contributed by atoms with Crippen LogP contribution in [0.25, 0.3) is 0 Å². The lowest BCUT2D eigenvalue weighted by molar-refractivity contribution is -0.137. The number of benzene rings is 2. The van der Waals surface area contributed by atoms with Crippen molar-refractivity contribution in [2.24, 2.45) is 0 Å². The van der Waals surface area contributed by atoms with Gasteiger partial charge in [0, 0.05) is 24.5 Å². The summed E-state index contributed by atoms with van der Waals surface area (Å²) in [5.41, 5.74) is 4.04. The zero-order chi connectivity index (χ0) is 22.5. The molecule has 0 spiro atoms. The predicted octanol–water partition coefficient (Wildman–Crippen LogP) is 3.80. The first-order valence-electron chi connectivity index (χ1n) is 10.4. The van der Waals surface area contributed by atoms with Crippen LogP contribution in [0.3, 0.4) is 0 Å². The number of amides is 2. The number of aromatic nitrogens is 2. The van der Waals surface area contributed by atoms with E-state index in [2.05, 4.69) is 15.3 Å². The normalized spacial score (nSPS) is 13.8. The number of carbonyl (C=O) groups excluding carboxylic acids is 2. The van der Waals surface area contributed by atoms with Gasteiger partial charge in [-0.05, 0) is 49.2 Å². The third-order valence-electron chi connectivity index (χ3n) is 5.06. The molecule has 2 aromatic carbocycles. The largest absolute Gasteiger partial charge is 0.375 e. The lowest BCUT2D eigenvalue weighted by atomic mass is 10.1. The van der Waals surface area contributed by atoms with Crippen molar-refractivity contribution < 1.29 is 9.59 Å². The van der Waals surface area contributed by atoms with Crippen molar-refractivity contribution in [2.45, 2.75) is 32.0 Å². The molecular weight excluding hydrogens is 420 g/mol. The molecule has 1 aliphatic rings. The zero-order valence-corrected chi connectivity index (χ0v) is 18.9. The fourth-order valence-corrected chi connectivity index (χ4v) is 4.53. The highest BCUT2D eigenvalue weighted by Gasteiger charge is 2.39. The lowest BCUT2D eigenvalue weighted by Crippen LogP contribution is -2.35. The van der Waals surface area contributed by atoms with Crippen molar-refractivity contribution in [3.63, 3.8) is 0 Å². The average molecular weight is 445 g/mol. The number of hydrogen-bond donors (Lipinski definition) is 1. The lowest BCUT2D eigenvalue weighted by Gasteiger charge is -2.15. The number of imide groups is 1. The van der Waals surface area contributed by atoms with E-state index >= 15 is 0 Å². The van der Waals surface area contributed by atoms with Crippen LogP contribution in [0.5, 0.6) is 0 Å². The van der Waals surface area contributed by atoms with Crippen molar-refractivity contribution >= 4 is 23.6 Å². The Balaban J connectivity index is 1.58. The number of aryl methyl sites for hydroxylation is 2. The van der Waals surface area contributed by atoms with Crippen LogP contribution in [-0.4, -0.2) is 33.2 Å². The molecule has 3 aromatic rings. The molecule has 0 radical (unpaired) electrons. The van der Waals surface area contributed by atoms with Crippen LogP contribution in [0.4, 0.5) is 0 Å². The summed E-state index contributed by atoms with van der Waals surface area (Å²) in [6.45, 7) is 4.53. The first-order valence-corrected chi connectivity index (χ1v) is 11.3. The summed E-state index contributed by atoms with van der Waals surface area (Å²) in [6.07, 6.45) is 0.599. The Kier molecular flexibility index (Phi) is 6.66. The molecule has 0 atom stereocenters. The molecule has 4 rings (SSSR count). The van der Waals surface area contributed by atoms with Gasteiger partial charge < -0.3 is 5.32 Å². The van der Waals surface area contributed by atoms with E-state index in [1.807, 2.05) is 80.6 Å². The Morgan fingerprint density at radius 3 is 2.06 bits per heavy atom. The molecule has 162 valence electrons. The van der Waals surface area contributed by atoms with E-state index in [9.17, 15) is 9.59 Å². The molecule has 32 heavy (non-hydrogen) atoms. The van der Waals surface area contributed by atoms with E-state index < -0.39 is 0 Å². The average Bonchev–Trinajstić information content (AvgIpc) is 3.00. The fraction of sp³-hybridized carbons (Fsp3) is 0.200. The minimum atomic E-state index is -0.311. The van der Waals surface area contributed by atoms with Crippen LogP contribution >= 0.6 is 11.8 Å². The molecule has 1 N–H and O–H groups in total. The van der Waals surface area contributed by atoms with E-state index in [-0.39, 0.29) is 11.8 Å². The smallest absolute Gasteiger partial charge is 0.278 e. The Bertz CT molecular complexity index is 1140. The predicted molar refractivity (Wildman–Crippen MR) is 125 cm³/mol. The maximum Gasteiger partial charge on any atom is 0.278 e. The molecule has 0 saturated heterocycles. The van der Waals surface area contributed by atoms with Gasteiger partial charge in [0.2, 0.25) is 0 Å². The summed E-state index contributed by atoms with van der Waals surface area (Å²) in [5, 5.41) is 3.66. The monoisotopic (exact) mass is 444 g/mol. The van der Waals surface area contributed by atoms with E-state index in [1.54, 1.807) is 0 Å². The summed E-state index contributed by atoms with van der Waals surface area (Å²) in [7, 11) is 0. The maximum atomic E-state index is 13.3. The van der Waals surface area contributed by atoms with Gasteiger partial charge >= 0.3 is 0 Å². The Hall–Kier alpha value is -3.45. The first kappa shape index (κ1) is 21.8. The van der Waals surface area contributed by atoms with Crippen molar-refractivity contribution in [3.05, 3.63) is 99.8 Å². The Morgan fingerprint density at radius 2 is 1.44 bits per heavy atom. The van der Waals surface area contributed by atoms with Crippen LogP contribution < -0.4 is 5.32 Å². The standard InChI is InChI=1S/C25H24N4O2S/c1-17-15-18(2)28-25(27-17)32-22-21(26-16-20-11-7-4-8-12-20)23(30)29(24(22)31)14-13-19-9-5-3-6-10-19/h3-12,15,26H,13-14,16H2,1-2H3. The summed E-state index contributed by atoms with van der Waals surface area (Å²) in [6, 6.07) is 21.5. The first-order chi connectivity index (χ1) is 15.5. The highest BCUT2D eigenvalue weighted by Crippen LogP contribution is 2.33. The number of nitrogens with zero attached hydrogens (tertiary/aromatic N) is 3. The van der Waals surface area contributed by atoms with Crippen LogP contribution in [0, 0.1) is 13.8 Å². The molecular formula is C25H24N4O2S. The molecule has 1 aliphatic heterocycles. The molecule has 0 aliphatic carbocycles. The number of hydrogen-bond acceptors (Lipinski definition) is 6. The van der Waals surface area contributed by atoms with Crippen LogP contribution in [0.1, 0.15) is 22.5 Å². The number of thioether (sulfide) groups is 1. The van der Waals surface area contributed by atoms with Crippen LogP contribution in [-0.2, 0) is 22.6 Å². The van der Waals surface area contributed by atoms with Crippen molar-refractivity contribution in [3.8, 4) is 0 Å². The SMILES string of the molecule is Cc1cc(C)nc(SC2=C(NCc3ccccc3)C(=O)N(CCc3ccccc3)C2=O)n1. The van der Waals surface area contributed by atoms with Gasteiger partial charge in [-0.1, -0.05) is 60.7 Å². The molecule has 2 heterocycles. The third-order valence-corrected chi connectivity index (χ3v) is 6.01. The van der Waals surface area contributed by atoms with Gasteiger partial charge in [-0.15, -0.1) is 0 Å². The van der Waals surface area contributed by atoms with E-state index in [0.717, 1.165) is 34.3 Å². The molecule has 1 aromatic heterocycles. The third kappa shape index (κ3) is 5.06. The van der Waals surface area contributed by atoms with Gasteiger partial charge in [0.25, 0.3) is 11.8 Å². The minimum absolute atomic E-state index is 0.305. The van der Waals surface area contributed by atoms with Gasteiger partial charge in [-0.2, -0.15) is 0 Å². The second kappa shape index (κ2) is 9.78. The second-order valence-corrected chi connectivity index (χ2v) is 8.55. The van der Waals surface area contributed by atoms with Gasteiger partial charge in [0.15, 0.2) is 5.16 Å². The summed E-state index contributed by atoms with van der Waals surface area (Å²) >= 11 is 1.14. The van der Waals surface area contributed by atoms with Crippen molar-refractivity contribution in [2.75, 3.05) is 6.54 Å². The Labute approximate surface area is 191 Å². The fourth-order valence-electron chi connectivity index (χ4n) is 3.51. The topological polar surface area (TPSA) is 75.2 Å². The van der Waals surface area contributed by atoms with Crippen molar-refractivity contribution in [1.82, 2.24) is 20.2 Å². The number of carbonyl (C=O) groups is 2. The van der Waals surface area contributed by atoms with Gasteiger partial charge in [-0.3, -0.25) is 14.5 Å². The molecule has 0 unspecified atom stereocenters. The maximum absolute atomic E-state index is 13.3. The molecule has 6 nitrogen and oxygen atoms in total. The molecule has 0 bridgehead atoms.